The molecule has 0 bridgehead atoms. The zero-order valence-corrected chi connectivity index (χ0v) is 7.97. The molecule has 0 aromatic carbocycles. The molecule has 0 radical (unpaired) electrons. The Bertz CT molecular complexity index is 178. The number of allylic oxidation sites excluding steroid dienone is 2. The summed E-state index contributed by atoms with van der Waals surface area (Å²) in [6.07, 6.45) is 5.47. The second kappa shape index (κ2) is 3.97. The maximum absolute atomic E-state index is 8.58. The van der Waals surface area contributed by atoms with Gasteiger partial charge in [-0.3, -0.25) is 0 Å². The molecule has 0 spiro atoms. The number of hydrogen-bond donors (Lipinski definition) is 0. The third-order valence-electron chi connectivity index (χ3n) is 1.84. The Hall–Kier alpha value is -0.0400. The lowest BCUT2D eigenvalue weighted by atomic mass is 9.91. The van der Waals surface area contributed by atoms with Crippen molar-refractivity contribution in [1.82, 2.24) is 0 Å². The molecule has 0 N–H and O–H groups in total. The molecule has 1 nitrogen and oxygen atoms in total. The summed E-state index contributed by atoms with van der Waals surface area (Å²) in [6, 6.07) is 2.23. The molecule has 0 saturated carbocycles. The second-order valence-corrected chi connectivity index (χ2v) is 3.52. The first-order valence-corrected chi connectivity index (χ1v) is 5.04. The van der Waals surface area contributed by atoms with E-state index in [1.54, 1.807) is 0 Å². The van der Waals surface area contributed by atoms with Gasteiger partial charge in [0.2, 0.25) is 0 Å². The molecule has 1 aliphatic rings. The van der Waals surface area contributed by atoms with Gasteiger partial charge in [-0.25, -0.2) is 0 Å². The average Bonchev–Trinajstić information content (AvgIpc) is 2.05. The molecule has 10 heavy (non-hydrogen) atoms. The number of rotatable bonds is 1. The fourth-order valence-corrected chi connectivity index (χ4v) is 1.96. The Kier molecular flexibility index (Phi) is 3.20. The van der Waals surface area contributed by atoms with Gasteiger partial charge in [0, 0.05) is 10.0 Å². The summed E-state index contributed by atoms with van der Waals surface area (Å²) in [5.41, 5.74) is 0.993. The van der Waals surface area contributed by atoms with E-state index in [9.17, 15) is 0 Å². The highest BCUT2D eigenvalue weighted by Gasteiger charge is 2.13. The third-order valence-corrected chi connectivity index (χ3v) is 3.08. The van der Waals surface area contributed by atoms with Crippen LogP contribution >= 0.6 is 22.6 Å². The standard InChI is InChI=1S/C8H10IN/c9-5-7-2-1-3-8(4-7)6-10/h3,7H,1-2,4-5H2. The lowest BCUT2D eigenvalue weighted by Crippen LogP contribution is -2.06. The van der Waals surface area contributed by atoms with Gasteiger partial charge in [-0.2, -0.15) is 5.26 Å². The number of halogens is 1. The van der Waals surface area contributed by atoms with Gasteiger partial charge in [-0.15, -0.1) is 0 Å². The van der Waals surface area contributed by atoms with Crippen LogP contribution in [0.4, 0.5) is 0 Å². The molecule has 1 unspecified atom stereocenters. The maximum atomic E-state index is 8.58. The quantitative estimate of drug-likeness (QED) is 0.516. The third kappa shape index (κ3) is 1.98. The first-order valence-electron chi connectivity index (χ1n) is 3.52. The van der Waals surface area contributed by atoms with Crippen molar-refractivity contribution >= 4 is 22.6 Å². The fraction of sp³-hybridized carbons (Fsp3) is 0.625. The normalized spacial score (nSPS) is 25.2. The number of hydrogen-bond acceptors (Lipinski definition) is 1. The minimum Gasteiger partial charge on any atom is -0.193 e. The summed E-state index contributed by atoms with van der Waals surface area (Å²) in [4.78, 5) is 0. The lowest BCUT2D eigenvalue weighted by molar-refractivity contribution is 0.532. The Balaban J connectivity index is 2.50. The summed E-state index contributed by atoms with van der Waals surface area (Å²) < 4.78 is 1.19. The summed E-state index contributed by atoms with van der Waals surface area (Å²) in [7, 11) is 0. The molecule has 0 fully saturated rings. The summed E-state index contributed by atoms with van der Waals surface area (Å²) in [6.45, 7) is 0. The molecule has 1 rings (SSSR count). The van der Waals surface area contributed by atoms with Crippen LogP contribution in [0.2, 0.25) is 0 Å². The number of alkyl halides is 1. The average molecular weight is 247 g/mol. The van der Waals surface area contributed by atoms with E-state index in [-0.39, 0.29) is 0 Å². The van der Waals surface area contributed by atoms with E-state index in [1.807, 2.05) is 0 Å². The highest BCUT2D eigenvalue weighted by atomic mass is 127. The van der Waals surface area contributed by atoms with Gasteiger partial charge in [0.15, 0.2) is 0 Å². The Morgan fingerprint density at radius 2 is 2.60 bits per heavy atom. The van der Waals surface area contributed by atoms with Crippen molar-refractivity contribution in [3.8, 4) is 6.07 Å². The van der Waals surface area contributed by atoms with Crippen molar-refractivity contribution < 1.29 is 0 Å². The van der Waals surface area contributed by atoms with Crippen LogP contribution < -0.4 is 0 Å². The van der Waals surface area contributed by atoms with Gasteiger partial charge in [0.1, 0.15) is 0 Å². The van der Waals surface area contributed by atoms with Crippen LogP contribution in [0.5, 0.6) is 0 Å². The van der Waals surface area contributed by atoms with Gasteiger partial charge in [-0.1, -0.05) is 28.7 Å². The van der Waals surface area contributed by atoms with E-state index in [4.69, 9.17) is 5.26 Å². The van der Waals surface area contributed by atoms with Gasteiger partial charge in [-0.05, 0) is 25.2 Å². The maximum Gasteiger partial charge on any atom is 0.0943 e. The number of nitriles is 1. The van der Waals surface area contributed by atoms with Crippen molar-refractivity contribution in [2.24, 2.45) is 5.92 Å². The van der Waals surface area contributed by atoms with E-state index in [0.29, 0.717) is 0 Å². The molecule has 0 heterocycles. The first kappa shape index (κ1) is 8.06. The predicted octanol–water partition coefficient (Wildman–Crippen LogP) is 2.67. The van der Waals surface area contributed by atoms with Gasteiger partial charge in [0.25, 0.3) is 0 Å². The SMILES string of the molecule is N#CC1=CCCC(CI)C1. The molecule has 0 amide bonds. The summed E-state index contributed by atoms with van der Waals surface area (Å²) in [5.74, 6) is 0.764. The zero-order valence-electron chi connectivity index (χ0n) is 5.81. The lowest BCUT2D eigenvalue weighted by Gasteiger charge is -2.16. The van der Waals surface area contributed by atoms with Crippen LogP contribution in [-0.4, -0.2) is 4.43 Å². The smallest absolute Gasteiger partial charge is 0.0943 e. The highest BCUT2D eigenvalue weighted by molar-refractivity contribution is 14.1. The van der Waals surface area contributed by atoms with Crippen molar-refractivity contribution in [3.63, 3.8) is 0 Å². The molecule has 0 saturated heterocycles. The Morgan fingerprint density at radius 1 is 1.80 bits per heavy atom. The second-order valence-electron chi connectivity index (χ2n) is 2.64. The molecule has 0 aliphatic heterocycles. The summed E-state index contributed by atoms with van der Waals surface area (Å²) in [5, 5.41) is 8.58. The predicted molar refractivity (Wildman–Crippen MR) is 49.9 cm³/mol. The summed E-state index contributed by atoms with van der Waals surface area (Å²) >= 11 is 2.40. The molecule has 1 aliphatic carbocycles. The Morgan fingerprint density at radius 3 is 3.20 bits per heavy atom. The van der Waals surface area contributed by atoms with E-state index in [1.165, 1.54) is 10.8 Å². The molecule has 0 aromatic rings. The van der Waals surface area contributed by atoms with Crippen molar-refractivity contribution in [2.45, 2.75) is 19.3 Å². The van der Waals surface area contributed by atoms with E-state index >= 15 is 0 Å². The molecule has 54 valence electrons. The van der Waals surface area contributed by atoms with E-state index in [2.05, 4.69) is 34.7 Å². The monoisotopic (exact) mass is 247 g/mol. The van der Waals surface area contributed by atoms with Crippen molar-refractivity contribution in [3.05, 3.63) is 11.6 Å². The molecular weight excluding hydrogens is 237 g/mol. The van der Waals surface area contributed by atoms with E-state index in [0.717, 1.165) is 24.3 Å². The van der Waals surface area contributed by atoms with Crippen LogP contribution in [0.15, 0.2) is 11.6 Å². The van der Waals surface area contributed by atoms with Crippen molar-refractivity contribution in [1.29, 1.82) is 5.26 Å². The topological polar surface area (TPSA) is 23.8 Å². The first-order chi connectivity index (χ1) is 4.86. The van der Waals surface area contributed by atoms with Crippen LogP contribution in [0.25, 0.3) is 0 Å². The molecule has 0 aromatic heterocycles. The molecule has 2 heteroatoms. The Labute approximate surface area is 75.3 Å². The molecule has 1 atom stereocenters. The largest absolute Gasteiger partial charge is 0.193 e. The number of nitrogens with zero attached hydrogens (tertiary/aromatic N) is 1. The molecular formula is C8H10IN. The zero-order chi connectivity index (χ0) is 7.40. The van der Waals surface area contributed by atoms with Crippen LogP contribution in [0.1, 0.15) is 19.3 Å². The fourth-order valence-electron chi connectivity index (χ4n) is 1.21. The minimum atomic E-state index is 0.764. The van der Waals surface area contributed by atoms with Crippen LogP contribution in [-0.2, 0) is 0 Å². The van der Waals surface area contributed by atoms with Gasteiger partial charge in [0.05, 0.1) is 6.07 Å². The van der Waals surface area contributed by atoms with Crippen LogP contribution in [0, 0.1) is 17.2 Å². The van der Waals surface area contributed by atoms with Gasteiger partial charge >= 0.3 is 0 Å². The van der Waals surface area contributed by atoms with Crippen LogP contribution in [0.3, 0.4) is 0 Å². The van der Waals surface area contributed by atoms with Crippen molar-refractivity contribution in [2.75, 3.05) is 4.43 Å². The van der Waals surface area contributed by atoms with E-state index < -0.39 is 0 Å². The highest BCUT2D eigenvalue weighted by Crippen LogP contribution is 2.24. The minimum absolute atomic E-state index is 0.764. The van der Waals surface area contributed by atoms with Gasteiger partial charge < -0.3 is 0 Å².